The molecule has 1 fully saturated rings. The quantitative estimate of drug-likeness (QED) is 0.102. The van der Waals surface area contributed by atoms with Gasteiger partial charge in [0.25, 0.3) is 0 Å². The smallest absolute Gasteiger partial charge is 0.349 e. The Morgan fingerprint density at radius 2 is 1.44 bits per heavy atom. The summed E-state index contributed by atoms with van der Waals surface area (Å²) in [6.07, 6.45) is -5.03. The zero-order chi connectivity index (χ0) is 32.5. The molecule has 1 aromatic heterocycles. The summed E-state index contributed by atoms with van der Waals surface area (Å²) in [6.45, 7) is -1.13. The lowest BCUT2D eigenvalue weighted by Gasteiger charge is -2.40. The third kappa shape index (κ3) is 8.93. The highest BCUT2D eigenvalue weighted by Crippen LogP contribution is 2.20. The molecule has 9 N–H and O–H groups in total. The Bertz CT molecular complexity index is 1510. The fourth-order valence-electron chi connectivity index (χ4n) is 4.87. The highest BCUT2D eigenvalue weighted by atomic mass is 16.6. The molecular formula is C30H36N6O9. The van der Waals surface area contributed by atoms with Gasteiger partial charge in [0.05, 0.1) is 6.61 Å². The van der Waals surface area contributed by atoms with Crippen LogP contribution in [-0.2, 0) is 38.5 Å². The van der Waals surface area contributed by atoms with Crippen LogP contribution in [0.2, 0.25) is 0 Å². The fraction of sp³-hybridized carbons (Fsp3) is 0.367. The molecule has 0 saturated carbocycles. The SMILES string of the molecule is Nc1ccn(CC(=O)NC(Cc2ccccc2)C(=O)N[C@@H](Cc2ccccc2)C(=O)NC2[C@@H](O)C(O)[C@@H](CO)O[C@H]2O)c(=O)n1. The summed E-state index contributed by atoms with van der Waals surface area (Å²) < 4.78 is 6.15. The number of benzene rings is 2. The Labute approximate surface area is 257 Å². The van der Waals surface area contributed by atoms with Gasteiger partial charge < -0.3 is 46.8 Å². The number of ether oxygens (including phenoxy) is 1. The molecule has 4 rings (SSSR count). The van der Waals surface area contributed by atoms with Crippen LogP contribution in [-0.4, -0.2) is 97.0 Å². The number of nitrogens with one attached hydrogen (secondary N) is 3. The number of aliphatic hydroxyl groups is 4. The lowest BCUT2D eigenvalue weighted by molar-refractivity contribution is -0.254. The standard InChI is InChI=1S/C30H36N6O9/c31-22-11-12-36(30(44)34-22)15-23(38)32-19(13-17-7-3-1-4-8-17)27(41)33-20(14-18-9-5-2-6-10-18)28(42)35-24-26(40)25(39)21(16-37)45-29(24)43/h1-12,19-21,24-26,29,37,39-40,43H,13-16H2,(H,32,38)(H,33,41)(H,35,42)(H2,31,34,44)/t19?,20-,21+,24?,25?,26+,29+/m0/s1. The van der Waals surface area contributed by atoms with Crippen molar-refractivity contribution in [2.45, 2.75) is 62.1 Å². The van der Waals surface area contributed by atoms with Gasteiger partial charge in [-0.25, -0.2) is 4.79 Å². The van der Waals surface area contributed by atoms with Crippen LogP contribution < -0.4 is 27.4 Å². The Morgan fingerprint density at radius 3 is 2.00 bits per heavy atom. The van der Waals surface area contributed by atoms with Gasteiger partial charge in [-0.05, 0) is 17.2 Å². The maximum absolute atomic E-state index is 13.7. The summed E-state index contributed by atoms with van der Waals surface area (Å²) >= 11 is 0. The molecule has 0 spiro atoms. The lowest BCUT2D eigenvalue weighted by Crippen LogP contribution is -2.66. The molecule has 3 unspecified atom stereocenters. The predicted molar refractivity (Wildman–Crippen MR) is 159 cm³/mol. The molecule has 240 valence electrons. The van der Waals surface area contributed by atoms with Crippen LogP contribution in [0.15, 0.2) is 77.7 Å². The number of aromatic nitrogens is 2. The number of amides is 3. The van der Waals surface area contributed by atoms with Crippen molar-refractivity contribution in [3.05, 3.63) is 94.5 Å². The second kappa shape index (κ2) is 15.4. The van der Waals surface area contributed by atoms with E-state index in [-0.39, 0.29) is 18.7 Å². The molecule has 1 aliphatic heterocycles. The van der Waals surface area contributed by atoms with Crippen molar-refractivity contribution in [3.63, 3.8) is 0 Å². The third-order valence-electron chi connectivity index (χ3n) is 7.27. The largest absolute Gasteiger partial charge is 0.394 e. The minimum absolute atomic E-state index is 0.0109. The summed E-state index contributed by atoms with van der Waals surface area (Å²) in [5.41, 5.74) is 6.13. The van der Waals surface area contributed by atoms with Crippen LogP contribution in [0.5, 0.6) is 0 Å². The van der Waals surface area contributed by atoms with Crippen LogP contribution in [0.4, 0.5) is 5.82 Å². The Morgan fingerprint density at radius 1 is 0.867 bits per heavy atom. The average Bonchev–Trinajstić information content (AvgIpc) is 3.02. The maximum Gasteiger partial charge on any atom is 0.349 e. The van der Waals surface area contributed by atoms with Gasteiger partial charge in [0, 0.05) is 19.0 Å². The van der Waals surface area contributed by atoms with E-state index in [1.54, 1.807) is 60.7 Å². The second-order valence-electron chi connectivity index (χ2n) is 10.6. The molecule has 3 amide bonds. The second-order valence-corrected chi connectivity index (χ2v) is 10.6. The third-order valence-corrected chi connectivity index (χ3v) is 7.27. The fourth-order valence-corrected chi connectivity index (χ4v) is 4.87. The van der Waals surface area contributed by atoms with Gasteiger partial charge in [0.2, 0.25) is 17.7 Å². The summed E-state index contributed by atoms with van der Waals surface area (Å²) in [6, 6.07) is 14.9. The molecule has 15 nitrogen and oxygen atoms in total. The highest BCUT2D eigenvalue weighted by Gasteiger charge is 2.45. The summed E-state index contributed by atoms with van der Waals surface area (Å²) in [5.74, 6) is -2.24. The monoisotopic (exact) mass is 624 g/mol. The molecule has 0 bridgehead atoms. The van der Waals surface area contributed by atoms with Gasteiger partial charge in [-0.3, -0.25) is 19.0 Å². The molecule has 0 radical (unpaired) electrons. The molecule has 1 saturated heterocycles. The van der Waals surface area contributed by atoms with Crippen LogP contribution in [0.25, 0.3) is 0 Å². The zero-order valence-electron chi connectivity index (χ0n) is 24.1. The maximum atomic E-state index is 13.7. The lowest BCUT2D eigenvalue weighted by atomic mass is 9.96. The molecule has 7 atom stereocenters. The number of nitrogens with two attached hydrogens (primary N) is 1. The van der Waals surface area contributed by atoms with Gasteiger partial charge in [-0.1, -0.05) is 60.7 Å². The van der Waals surface area contributed by atoms with E-state index >= 15 is 0 Å². The number of nitrogen functional groups attached to an aromatic ring is 1. The van der Waals surface area contributed by atoms with Gasteiger partial charge in [0.15, 0.2) is 6.29 Å². The number of anilines is 1. The summed E-state index contributed by atoms with van der Waals surface area (Å²) in [7, 11) is 0. The molecule has 45 heavy (non-hydrogen) atoms. The normalized spacial score (nSPS) is 22.5. The van der Waals surface area contributed by atoms with E-state index in [1.165, 1.54) is 12.3 Å². The minimum Gasteiger partial charge on any atom is -0.394 e. The number of carbonyl (C=O) groups is 3. The van der Waals surface area contributed by atoms with E-state index in [1.807, 2.05) is 0 Å². The molecule has 2 heterocycles. The molecule has 2 aromatic carbocycles. The van der Waals surface area contributed by atoms with Crippen molar-refractivity contribution in [3.8, 4) is 0 Å². The number of carbonyl (C=O) groups excluding carboxylic acids is 3. The highest BCUT2D eigenvalue weighted by molar-refractivity contribution is 5.92. The number of aliphatic hydroxyl groups excluding tert-OH is 4. The molecule has 15 heteroatoms. The number of nitrogens with zero attached hydrogens (tertiary/aromatic N) is 2. The minimum atomic E-state index is -1.77. The van der Waals surface area contributed by atoms with Crippen molar-refractivity contribution >= 4 is 23.5 Å². The molecule has 0 aliphatic carbocycles. The first-order valence-corrected chi connectivity index (χ1v) is 14.2. The molecular weight excluding hydrogens is 588 g/mol. The van der Waals surface area contributed by atoms with E-state index in [0.717, 1.165) is 4.57 Å². The first kappa shape index (κ1) is 33.2. The zero-order valence-corrected chi connectivity index (χ0v) is 24.1. The van der Waals surface area contributed by atoms with Gasteiger partial charge >= 0.3 is 5.69 Å². The van der Waals surface area contributed by atoms with E-state index in [2.05, 4.69) is 20.9 Å². The Kier molecular flexibility index (Phi) is 11.3. The van der Waals surface area contributed by atoms with Gasteiger partial charge in [0.1, 0.15) is 48.8 Å². The van der Waals surface area contributed by atoms with Crippen molar-refractivity contribution < 1.29 is 39.5 Å². The molecule has 1 aliphatic rings. The van der Waals surface area contributed by atoms with Crippen LogP contribution in [0.3, 0.4) is 0 Å². The average molecular weight is 625 g/mol. The van der Waals surface area contributed by atoms with E-state index < -0.39 is 79.3 Å². The van der Waals surface area contributed by atoms with Gasteiger partial charge in [-0.2, -0.15) is 4.98 Å². The number of hydrogen-bond donors (Lipinski definition) is 8. The van der Waals surface area contributed by atoms with Crippen molar-refractivity contribution in [2.75, 3.05) is 12.3 Å². The first-order chi connectivity index (χ1) is 21.5. The van der Waals surface area contributed by atoms with E-state index in [4.69, 9.17) is 10.5 Å². The van der Waals surface area contributed by atoms with E-state index in [0.29, 0.717) is 11.1 Å². The molecule has 3 aromatic rings. The number of rotatable bonds is 12. The van der Waals surface area contributed by atoms with Crippen molar-refractivity contribution in [1.29, 1.82) is 0 Å². The Hall–Kier alpha value is -4.67. The summed E-state index contributed by atoms with van der Waals surface area (Å²) in [5, 5.41) is 48.2. The van der Waals surface area contributed by atoms with Crippen LogP contribution >= 0.6 is 0 Å². The topological polar surface area (TPSA) is 238 Å². The first-order valence-electron chi connectivity index (χ1n) is 14.2. The van der Waals surface area contributed by atoms with Crippen molar-refractivity contribution in [1.82, 2.24) is 25.5 Å². The summed E-state index contributed by atoms with van der Waals surface area (Å²) in [4.78, 5) is 56.0. The van der Waals surface area contributed by atoms with E-state index in [9.17, 15) is 39.6 Å². The van der Waals surface area contributed by atoms with Gasteiger partial charge in [-0.15, -0.1) is 0 Å². The van der Waals surface area contributed by atoms with Crippen LogP contribution in [0.1, 0.15) is 11.1 Å². The number of hydrogen-bond acceptors (Lipinski definition) is 11. The van der Waals surface area contributed by atoms with Crippen molar-refractivity contribution in [2.24, 2.45) is 0 Å². The predicted octanol–water partition coefficient (Wildman–Crippen LogP) is -2.80. The van der Waals surface area contributed by atoms with Crippen LogP contribution in [0, 0.1) is 0 Å². The Balaban J connectivity index is 1.55.